The maximum atomic E-state index is 13.0. The topological polar surface area (TPSA) is 63.6 Å². The number of rotatable bonds is 5. The Balaban J connectivity index is 2.78. The molecule has 0 amide bonds. The third-order valence-electron chi connectivity index (χ3n) is 2.57. The smallest absolute Gasteiger partial charge is 0.267 e. The van der Waals surface area contributed by atoms with E-state index in [1.54, 1.807) is 0 Å². The number of benzene rings is 1. The number of ether oxygens (including phenoxy) is 1. The Morgan fingerprint density at radius 3 is 2.65 bits per heavy atom. The number of hydrogen-bond donors (Lipinski definition) is 1. The monoisotopic (exact) mass is 262 g/mol. The van der Waals surface area contributed by atoms with Crippen molar-refractivity contribution >= 4 is 10.1 Å². The van der Waals surface area contributed by atoms with Crippen LogP contribution in [0.3, 0.4) is 0 Å². The van der Waals surface area contributed by atoms with Crippen LogP contribution in [0.15, 0.2) is 18.2 Å². The van der Waals surface area contributed by atoms with Crippen molar-refractivity contribution in [3.05, 3.63) is 29.6 Å². The SMILES string of the molecule is COc1ccc(F)cc1CCC(C)S(=O)(=O)O. The molecule has 6 heteroatoms. The molecule has 0 saturated carbocycles. The Kier molecular flexibility index (Phi) is 4.47. The maximum absolute atomic E-state index is 13.0. The van der Waals surface area contributed by atoms with Crippen LogP contribution in [0, 0.1) is 5.82 Å². The highest BCUT2D eigenvalue weighted by molar-refractivity contribution is 7.86. The summed E-state index contributed by atoms with van der Waals surface area (Å²) in [6.07, 6.45) is 0.528. The largest absolute Gasteiger partial charge is 0.496 e. The van der Waals surface area contributed by atoms with Gasteiger partial charge in [0.1, 0.15) is 11.6 Å². The molecular formula is C11H15FO4S. The molecule has 0 bridgehead atoms. The second-order valence-corrected chi connectivity index (χ2v) is 5.66. The van der Waals surface area contributed by atoms with Gasteiger partial charge in [-0.05, 0) is 43.5 Å². The Morgan fingerprint density at radius 2 is 2.12 bits per heavy atom. The van der Waals surface area contributed by atoms with E-state index in [4.69, 9.17) is 9.29 Å². The summed E-state index contributed by atoms with van der Waals surface area (Å²) in [6, 6.07) is 4.06. The number of hydrogen-bond acceptors (Lipinski definition) is 3. The molecule has 0 radical (unpaired) electrons. The lowest BCUT2D eigenvalue weighted by molar-refractivity contribution is 0.407. The number of methoxy groups -OCH3 is 1. The molecule has 17 heavy (non-hydrogen) atoms. The second-order valence-electron chi connectivity index (χ2n) is 3.82. The second kappa shape index (κ2) is 5.46. The van der Waals surface area contributed by atoms with E-state index in [2.05, 4.69) is 0 Å². The summed E-state index contributed by atoms with van der Waals surface area (Å²) in [6.45, 7) is 1.40. The van der Waals surface area contributed by atoms with Crippen LogP contribution in [0.2, 0.25) is 0 Å². The summed E-state index contributed by atoms with van der Waals surface area (Å²) < 4.78 is 48.5. The molecule has 0 aromatic heterocycles. The van der Waals surface area contributed by atoms with Crippen LogP contribution in [0.25, 0.3) is 0 Å². The highest BCUT2D eigenvalue weighted by Crippen LogP contribution is 2.22. The van der Waals surface area contributed by atoms with E-state index in [0.717, 1.165) is 0 Å². The van der Waals surface area contributed by atoms with E-state index in [1.807, 2.05) is 0 Å². The highest BCUT2D eigenvalue weighted by atomic mass is 32.2. The molecule has 1 unspecified atom stereocenters. The third kappa shape index (κ3) is 3.98. The summed E-state index contributed by atoms with van der Waals surface area (Å²) in [7, 11) is -2.58. The average Bonchev–Trinajstić information content (AvgIpc) is 2.24. The average molecular weight is 262 g/mol. The maximum Gasteiger partial charge on any atom is 0.267 e. The Morgan fingerprint density at radius 1 is 1.47 bits per heavy atom. The van der Waals surface area contributed by atoms with Crippen LogP contribution < -0.4 is 4.74 Å². The van der Waals surface area contributed by atoms with E-state index in [1.165, 1.54) is 32.2 Å². The lowest BCUT2D eigenvalue weighted by Gasteiger charge is -2.11. The minimum atomic E-state index is -4.04. The molecule has 0 spiro atoms. The van der Waals surface area contributed by atoms with Crippen molar-refractivity contribution in [2.75, 3.05) is 7.11 Å². The van der Waals surface area contributed by atoms with Gasteiger partial charge in [0.15, 0.2) is 0 Å². The van der Waals surface area contributed by atoms with Crippen molar-refractivity contribution in [2.24, 2.45) is 0 Å². The summed E-state index contributed by atoms with van der Waals surface area (Å²) >= 11 is 0. The standard InChI is InChI=1S/C11H15FO4S/c1-8(17(13,14)15)3-4-9-7-10(12)5-6-11(9)16-2/h5-8H,3-4H2,1-2H3,(H,13,14,15). The van der Waals surface area contributed by atoms with Crippen LogP contribution in [0.4, 0.5) is 4.39 Å². The minimum absolute atomic E-state index is 0.207. The molecule has 0 aliphatic carbocycles. The molecule has 1 rings (SSSR count). The van der Waals surface area contributed by atoms with Crippen molar-refractivity contribution in [3.63, 3.8) is 0 Å². The van der Waals surface area contributed by atoms with Crippen LogP contribution in [0.1, 0.15) is 18.9 Å². The lowest BCUT2D eigenvalue weighted by atomic mass is 10.1. The molecule has 0 aliphatic heterocycles. The molecule has 1 aromatic carbocycles. The van der Waals surface area contributed by atoms with Crippen molar-refractivity contribution in [1.29, 1.82) is 0 Å². The third-order valence-corrected chi connectivity index (χ3v) is 3.82. The van der Waals surface area contributed by atoms with Gasteiger partial charge in [0.2, 0.25) is 0 Å². The molecular weight excluding hydrogens is 247 g/mol. The first-order chi connectivity index (χ1) is 7.84. The molecule has 1 atom stereocenters. The van der Waals surface area contributed by atoms with E-state index in [0.29, 0.717) is 17.7 Å². The van der Waals surface area contributed by atoms with Gasteiger partial charge in [0.25, 0.3) is 10.1 Å². The first-order valence-electron chi connectivity index (χ1n) is 5.13. The number of halogens is 1. The van der Waals surface area contributed by atoms with E-state index in [9.17, 15) is 12.8 Å². The van der Waals surface area contributed by atoms with Crippen molar-refractivity contribution < 1.29 is 22.1 Å². The van der Waals surface area contributed by atoms with Gasteiger partial charge in [-0.3, -0.25) is 4.55 Å². The Labute approximate surface area is 100 Å². The van der Waals surface area contributed by atoms with Gasteiger partial charge in [-0.2, -0.15) is 8.42 Å². The zero-order chi connectivity index (χ0) is 13.1. The summed E-state index contributed by atoms with van der Waals surface area (Å²) in [4.78, 5) is 0. The van der Waals surface area contributed by atoms with Gasteiger partial charge < -0.3 is 4.74 Å². The van der Waals surface area contributed by atoms with Crippen molar-refractivity contribution in [2.45, 2.75) is 25.0 Å². The highest BCUT2D eigenvalue weighted by Gasteiger charge is 2.17. The summed E-state index contributed by atoms with van der Waals surface area (Å²) in [5.41, 5.74) is 0.586. The fraction of sp³-hybridized carbons (Fsp3) is 0.455. The lowest BCUT2D eigenvalue weighted by Crippen LogP contribution is -2.17. The molecule has 96 valence electrons. The van der Waals surface area contributed by atoms with Crippen molar-refractivity contribution in [3.8, 4) is 5.75 Å². The summed E-state index contributed by atoms with van der Waals surface area (Å²) in [5.74, 6) is 0.106. The predicted molar refractivity (Wildman–Crippen MR) is 62.3 cm³/mol. The van der Waals surface area contributed by atoms with Gasteiger partial charge in [-0.25, -0.2) is 4.39 Å². The molecule has 0 fully saturated rings. The zero-order valence-electron chi connectivity index (χ0n) is 9.68. The van der Waals surface area contributed by atoms with Gasteiger partial charge in [-0.15, -0.1) is 0 Å². The van der Waals surface area contributed by atoms with Gasteiger partial charge in [0, 0.05) is 0 Å². The van der Waals surface area contributed by atoms with E-state index < -0.39 is 21.2 Å². The minimum Gasteiger partial charge on any atom is -0.496 e. The fourth-order valence-electron chi connectivity index (χ4n) is 1.45. The van der Waals surface area contributed by atoms with Crippen LogP contribution >= 0.6 is 0 Å². The predicted octanol–water partition coefficient (Wildman–Crippen LogP) is 2.04. The zero-order valence-corrected chi connectivity index (χ0v) is 10.5. The molecule has 4 nitrogen and oxygen atoms in total. The molecule has 0 saturated heterocycles. The fourth-order valence-corrected chi connectivity index (χ4v) is 1.87. The Bertz CT molecular complexity index is 484. The van der Waals surface area contributed by atoms with Crippen LogP contribution in [-0.4, -0.2) is 25.3 Å². The van der Waals surface area contributed by atoms with E-state index in [-0.39, 0.29) is 6.42 Å². The molecule has 0 aliphatic rings. The van der Waals surface area contributed by atoms with Crippen LogP contribution in [0.5, 0.6) is 5.75 Å². The first-order valence-corrected chi connectivity index (χ1v) is 6.63. The summed E-state index contributed by atoms with van der Waals surface area (Å²) in [5, 5.41) is -0.879. The van der Waals surface area contributed by atoms with Gasteiger partial charge >= 0.3 is 0 Å². The first kappa shape index (κ1) is 13.9. The normalized spacial score (nSPS) is 13.4. The molecule has 1 N–H and O–H groups in total. The van der Waals surface area contributed by atoms with Gasteiger partial charge in [0.05, 0.1) is 12.4 Å². The quantitative estimate of drug-likeness (QED) is 0.825. The van der Waals surface area contributed by atoms with E-state index >= 15 is 0 Å². The van der Waals surface area contributed by atoms with Crippen LogP contribution in [-0.2, 0) is 16.5 Å². The number of aryl methyl sites for hydroxylation is 1. The Hall–Kier alpha value is -1.14. The van der Waals surface area contributed by atoms with Gasteiger partial charge in [-0.1, -0.05) is 0 Å². The molecule has 1 aromatic rings. The molecule has 0 heterocycles. The van der Waals surface area contributed by atoms with Crippen molar-refractivity contribution in [1.82, 2.24) is 0 Å².